The molecule has 3 aromatic rings. The summed E-state index contributed by atoms with van der Waals surface area (Å²) in [5, 5.41) is 11.5. The molecule has 19 heavy (non-hydrogen) atoms. The van der Waals surface area contributed by atoms with Gasteiger partial charge in [0, 0.05) is 36.1 Å². The first-order valence-corrected chi connectivity index (χ1v) is 5.66. The van der Waals surface area contributed by atoms with Crippen LogP contribution >= 0.6 is 0 Å². The van der Waals surface area contributed by atoms with E-state index in [2.05, 4.69) is 10.4 Å². The third kappa shape index (κ3) is 2.11. The van der Waals surface area contributed by atoms with E-state index in [4.69, 9.17) is 0 Å². The number of benzene rings is 1. The first-order valence-electron chi connectivity index (χ1n) is 5.66. The zero-order valence-electron chi connectivity index (χ0n) is 9.85. The maximum absolute atomic E-state index is 10.7. The molecule has 0 saturated heterocycles. The molecule has 0 saturated carbocycles. The highest BCUT2D eigenvalue weighted by Gasteiger charge is 2.08. The van der Waals surface area contributed by atoms with Crippen LogP contribution in [0, 0.1) is 10.1 Å². The predicted octanol–water partition coefficient (Wildman–Crippen LogP) is 2.82. The fourth-order valence-electron chi connectivity index (χ4n) is 1.91. The van der Waals surface area contributed by atoms with Crippen LogP contribution in [0.4, 0.5) is 11.4 Å². The average Bonchev–Trinajstić information content (AvgIpc) is 2.82. The maximum atomic E-state index is 10.7. The van der Waals surface area contributed by atoms with Crippen LogP contribution in [0.2, 0.25) is 0 Å². The minimum absolute atomic E-state index is 0.0918. The molecule has 0 spiro atoms. The molecule has 0 bridgehead atoms. The lowest BCUT2D eigenvalue weighted by atomic mass is 10.2. The van der Waals surface area contributed by atoms with Crippen molar-refractivity contribution in [2.24, 2.45) is 0 Å². The van der Waals surface area contributed by atoms with Crippen LogP contribution in [-0.4, -0.2) is 14.6 Å². The molecule has 0 aliphatic carbocycles. The Morgan fingerprint density at radius 3 is 2.68 bits per heavy atom. The lowest BCUT2D eigenvalue weighted by molar-refractivity contribution is -0.384. The predicted molar refractivity (Wildman–Crippen MR) is 71.9 cm³/mol. The van der Waals surface area contributed by atoms with Gasteiger partial charge in [-0.1, -0.05) is 0 Å². The summed E-state index contributed by atoms with van der Waals surface area (Å²) in [6.45, 7) is 0. The highest BCUT2D eigenvalue weighted by Crippen LogP contribution is 2.22. The normalized spacial score (nSPS) is 10.5. The Kier molecular flexibility index (Phi) is 2.60. The number of hydrogen-bond acceptors (Lipinski definition) is 4. The Morgan fingerprint density at radius 1 is 1.16 bits per heavy atom. The molecule has 0 atom stereocenters. The second-order valence-corrected chi connectivity index (χ2v) is 4.03. The van der Waals surface area contributed by atoms with E-state index in [1.54, 1.807) is 24.5 Å². The standard InChI is InChI=1S/C13H10N4O2/c18-17(19)12-1-2-13-10(9-12)5-8-16(13)15-11-3-6-14-7-4-11/h1-9H,(H,14,15). The van der Waals surface area contributed by atoms with Gasteiger partial charge < -0.3 is 0 Å². The molecule has 1 N–H and O–H groups in total. The average molecular weight is 254 g/mol. The Balaban J connectivity index is 1.99. The van der Waals surface area contributed by atoms with Gasteiger partial charge in [-0.05, 0) is 24.3 Å². The highest BCUT2D eigenvalue weighted by molar-refractivity contribution is 5.83. The number of hydrogen-bond donors (Lipinski definition) is 1. The summed E-state index contributed by atoms with van der Waals surface area (Å²) in [5.74, 6) is 0. The maximum Gasteiger partial charge on any atom is 0.270 e. The first kappa shape index (κ1) is 11.2. The van der Waals surface area contributed by atoms with Crippen LogP contribution in [0.5, 0.6) is 0 Å². The van der Waals surface area contributed by atoms with Crippen LogP contribution in [0.3, 0.4) is 0 Å². The molecule has 1 aromatic carbocycles. The molecule has 0 aliphatic heterocycles. The van der Waals surface area contributed by atoms with E-state index in [0.29, 0.717) is 0 Å². The molecule has 6 heteroatoms. The van der Waals surface area contributed by atoms with Gasteiger partial charge in [-0.2, -0.15) is 0 Å². The van der Waals surface area contributed by atoms with Crippen molar-refractivity contribution in [3.05, 3.63) is 65.1 Å². The van der Waals surface area contributed by atoms with Crippen LogP contribution in [0.15, 0.2) is 55.0 Å². The number of fused-ring (bicyclic) bond motifs is 1. The van der Waals surface area contributed by atoms with Crippen molar-refractivity contribution >= 4 is 22.3 Å². The molecule has 3 rings (SSSR count). The first-order chi connectivity index (χ1) is 9.24. The monoisotopic (exact) mass is 254 g/mol. The molecular formula is C13H10N4O2. The summed E-state index contributed by atoms with van der Waals surface area (Å²) in [6, 6.07) is 10.3. The third-order valence-electron chi connectivity index (χ3n) is 2.81. The lowest BCUT2D eigenvalue weighted by Gasteiger charge is -2.08. The zero-order valence-corrected chi connectivity index (χ0v) is 9.85. The SMILES string of the molecule is O=[N+]([O-])c1ccc2c(ccn2Nc2ccncc2)c1. The minimum atomic E-state index is -0.396. The lowest BCUT2D eigenvalue weighted by Crippen LogP contribution is -2.06. The van der Waals surface area contributed by atoms with Gasteiger partial charge in [0.15, 0.2) is 0 Å². The van der Waals surface area contributed by atoms with Crippen molar-refractivity contribution in [3.8, 4) is 0 Å². The number of non-ortho nitro benzene ring substituents is 1. The number of rotatable bonds is 3. The molecule has 0 fully saturated rings. The molecule has 2 aromatic heterocycles. The number of nitrogens with zero attached hydrogens (tertiary/aromatic N) is 3. The number of nitro groups is 1. The number of aromatic nitrogens is 2. The Labute approximate surface area is 108 Å². The highest BCUT2D eigenvalue weighted by atomic mass is 16.6. The molecule has 0 aliphatic rings. The van der Waals surface area contributed by atoms with Crippen molar-refractivity contribution in [2.45, 2.75) is 0 Å². The van der Waals surface area contributed by atoms with Gasteiger partial charge in [0.05, 0.1) is 16.1 Å². The summed E-state index contributed by atoms with van der Waals surface area (Å²) in [4.78, 5) is 14.3. The van der Waals surface area contributed by atoms with E-state index in [9.17, 15) is 10.1 Å². The summed E-state index contributed by atoms with van der Waals surface area (Å²) < 4.78 is 1.81. The van der Waals surface area contributed by atoms with Crippen LogP contribution in [-0.2, 0) is 0 Å². The zero-order chi connectivity index (χ0) is 13.2. The van der Waals surface area contributed by atoms with Crippen molar-refractivity contribution in [3.63, 3.8) is 0 Å². The van der Waals surface area contributed by atoms with E-state index in [0.717, 1.165) is 16.6 Å². The molecule has 94 valence electrons. The second kappa shape index (κ2) is 4.41. The molecule has 2 heterocycles. The van der Waals surface area contributed by atoms with Gasteiger partial charge in [0.2, 0.25) is 0 Å². The van der Waals surface area contributed by atoms with Gasteiger partial charge in [0.1, 0.15) is 0 Å². The fourth-order valence-corrected chi connectivity index (χ4v) is 1.91. The molecule has 0 radical (unpaired) electrons. The Morgan fingerprint density at radius 2 is 1.95 bits per heavy atom. The van der Waals surface area contributed by atoms with Crippen molar-refractivity contribution in [2.75, 3.05) is 5.43 Å². The largest absolute Gasteiger partial charge is 0.294 e. The van der Waals surface area contributed by atoms with E-state index in [1.165, 1.54) is 6.07 Å². The number of nitrogens with one attached hydrogen (secondary N) is 1. The Hall–Kier alpha value is -2.89. The van der Waals surface area contributed by atoms with Crippen molar-refractivity contribution in [1.82, 2.24) is 9.66 Å². The number of pyridine rings is 1. The van der Waals surface area contributed by atoms with E-state index in [1.807, 2.05) is 29.1 Å². The topological polar surface area (TPSA) is 73.0 Å². The van der Waals surface area contributed by atoms with Gasteiger partial charge in [0.25, 0.3) is 5.69 Å². The second-order valence-electron chi connectivity index (χ2n) is 4.03. The van der Waals surface area contributed by atoms with Crippen LogP contribution < -0.4 is 5.43 Å². The fraction of sp³-hybridized carbons (Fsp3) is 0. The molecule has 0 unspecified atom stereocenters. The molecule has 6 nitrogen and oxygen atoms in total. The number of nitro benzene ring substituents is 1. The van der Waals surface area contributed by atoms with Crippen LogP contribution in [0.1, 0.15) is 0 Å². The van der Waals surface area contributed by atoms with Gasteiger partial charge in [-0.15, -0.1) is 0 Å². The van der Waals surface area contributed by atoms with Gasteiger partial charge >= 0.3 is 0 Å². The summed E-state index contributed by atoms with van der Waals surface area (Å²) in [5.41, 5.74) is 5.05. The minimum Gasteiger partial charge on any atom is -0.294 e. The van der Waals surface area contributed by atoms with Crippen molar-refractivity contribution in [1.29, 1.82) is 0 Å². The van der Waals surface area contributed by atoms with E-state index < -0.39 is 4.92 Å². The summed E-state index contributed by atoms with van der Waals surface area (Å²) in [6.07, 6.45) is 5.21. The van der Waals surface area contributed by atoms with Crippen LogP contribution in [0.25, 0.3) is 10.9 Å². The van der Waals surface area contributed by atoms with E-state index >= 15 is 0 Å². The number of anilines is 1. The molecular weight excluding hydrogens is 244 g/mol. The van der Waals surface area contributed by atoms with E-state index in [-0.39, 0.29) is 5.69 Å². The molecule has 0 amide bonds. The quantitative estimate of drug-likeness (QED) is 0.576. The summed E-state index contributed by atoms with van der Waals surface area (Å²) in [7, 11) is 0. The van der Waals surface area contributed by atoms with Gasteiger partial charge in [-0.25, -0.2) is 0 Å². The Bertz CT molecular complexity index is 737. The smallest absolute Gasteiger partial charge is 0.270 e. The summed E-state index contributed by atoms with van der Waals surface area (Å²) >= 11 is 0. The van der Waals surface area contributed by atoms with Gasteiger partial charge in [-0.3, -0.25) is 25.2 Å². The van der Waals surface area contributed by atoms with Crippen molar-refractivity contribution < 1.29 is 4.92 Å². The third-order valence-corrected chi connectivity index (χ3v) is 2.81.